The highest BCUT2D eigenvalue weighted by atomic mass is 16.4. The lowest BCUT2D eigenvalue weighted by Crippen LogP contribution is -2.41. The Balaban J connectivity index is 0.000000253. The van der Waals surface area contributed by atoms with Crippen molar-refractivity contribution in [1.82, 2.24) is 0 Å². The zero-order valence-corrected chi connectivity index (χ0v) is 19.6. The molecule has 9 heteroatoms. The number of aromatic carboxylic acids is 2. The molecule has 0 radical (unpaired) electrons. The van der Waals surface area contributed by atoms with Crippen LogP contribution in [-0.4, -0.2) is 39.1 Å². The number of anilines is 2. The van der Waals surface area contributed by atoms with Crippen molar-refractivity contribution in [3.8, 4) is 5.75 Å². The molecule has 1 aliphatic heterocycles. The molecule has 1 aliphatic rings. The fraction of sp³-hybridized carbons (Fsp3) is 0.185. The van der Waals surface area contributed by atoms with Gasteiger partial charge in [-0.25, -0.2) is 19.6 Å². The topological polar surface area (TPSA) is 135 Å². The summed E-state index contributed by atoms with van der Waals surface area (Å²) in [5.74, 6) is -3.08. The number of amides is 2. The molecule has 1 atom stereocenters. The van der Waals surface area contributed by atoms with Crippen molar-refractivity contribution in [3.63, 3.8) is 0 Å². The molecule has 4 rings (SSSR count). The van der Waals surface area contributed by atoms with Gasteiger partial charge in [0.25, 0.3) is 11.8 Å². The van der Waals surface area contributed by atoms with E-state index in [0.717, 1.165) is 12.8 Å². The summed E-state index contributed by atoms with van der Waals surface area (Å²) in [6.07, 6.45) is 2.31. The second-order valence-corrected chi connectivity index (χ2v) is 8.03. The Labute approximate surface area is 207 Å². The molecule has 1 saturated heterocycles. The lowest BCUT2D eigenvalue weighted by Gasteiger charge is -2.27. The van der Waals surface area contributed by atoms with Crippen LogP contribution in [0.25, 0.3) is 0 Å². The Bertz CT molecular complexity index is 1190. The largest absolute Gasteiger partial charge is 0.508 e. The number of carboxylic acids is 2. The quantitative estimate of drug-likeness (QED) is 0.413. The van der Waals surface area contributed by atoms with Gasteiger partial charge in [0.15, 0.2) is 0 Å². The second kappa shape index (κ2) is 11.7. The summed E-state index contributed by atoms with van der Waals surface area (Å²) in [7, 11) is 0. The minimum Gasteiger partial charge on any atom is -0.508 e. The van der Waals surface area contributed by atoms with Crippen molar-refractivity contribution in [2.45, 2.75) is 26.2 Å². The maximum atomic E-state index is 12.9. The van der Waals surface area contributed by atoms with E-state index >= 15 is 0 Å². The number of unbranched alkanes of at least 4 members (excludes halogenated alkanes) is 1. The Hall–Kier alpha value is -4.66. The van der Waals surface area contributed by atoms with Crippen LogP contribution < -0.4 is 10.0 Å². The number of carbonyl (C=O) groups is 4. The molecule has 3 aromatic carbocycles. The van der Waals surface area contributed by atoms with E-state index in [-0.39, 0.29) is 28.7 Å². The number of carbonyl (C=O) groups excluding carboxylic acids is 2. The fourth-order valence-electron chi connectivity index (χ4n) is 3.66. The summed E-state index contributed by atoms with van der Waals surface area (Å²) in [5, 5.41) is 29.3. The van der Waals surface area contributed by atoms with E-state index in [9.17, 15) is 24.3 Å². The van der Waals surface area contributed by atoms with Gasteiger partial charge in [-0.1, -0.05) is 38.0 Å². The van der Waals surface area contributed by atoms with E-state index in [0.29, 0.717) is 17.8 Å². The van der Waals surface area contributed by atoms with Gasteiger partial charge in [-0.3, -0.25) is 9.59 Å². The number of phenols is 1. The molecule has 0 aromatic heterocycles. The highest BCUT2D eigenvalue weighted by Crippen LogP contribution is 2.34. The summed E-state index contributed by atoms with van der Waals surface area (Å²) in [4.78, 5) is 46.4. The normalized spacial score (nSPS) is 14.9. The van der Waals surface area contributed by atoms with Crippen molar-refractivity contribution in [3.05, 3.63) is 90.0 Å². The summed E-state index contributed by atoms with van der Waals surface area (Å²) in [6, 6.07) is 20.5. The van der Waals surface area contributed by atoms with Crippen LogP contribution >= 0.6 is 0 Å². The maximum absolute atomic E-state index is 12.9. The number of rotatable bonds is 7. The molecule has 0 spiro atoms. The van der Waals surface area contributed by atoms with Crippen LogP contribution in [0.2, 0.25) is 0 Å². The summed E-state index contributed by atoms with van der Waals surface area (Å²) in [6.45, 7) is 2.04. The predicted octanol–water partition coefficient (Wildman–Crippen LogP) is 4.58. The third-order valence-electron chi connectivity index (χ3n) is 5.53. The first-order valence-corrected chi connectivity index (χ1v) is 11.3. The van der Waals surface area contributed by atoms with Gasteiger partial charge in [0, 0.05) is 0 Å². The third-order valence-corrected chi connectivity index (χ3v) is 5.53. The second-order valence-electron chi connectivity index (χ2n) is 8.03. The molecular formula is C27H26N2O7. The monoisotopic (exact) mass is 490 g/mol. The van der Waals surface area contributed by atoms with Crippen LogP contribution in [0.5, 0.6) is 5.75 Å². The first kappa shape index (κ1) is 26.0. The number of hydrogen-bond acceptors (Lipinski definition) is 5. The molecule has 0 bridgehead atoms. The van der Waals surface area contributed by atoms with Crippen molar-refractivity contribution in [1.29, 1.82) is 0 Å². The molecule has 0 saturated carbocycles. The Morgan fingerprint density at radius 2 is 1.17 bits per heavy atom. The average Bonchev–Trinajstić information content (AvgIpc) is 3.13. The number of aromatic hydroxyl groups is 1. The molecule has 3 aromatic rings. The average molecular weight is 491 g/mol. The number of benzene rings is 3. The molecule has 1 fully saturated rings. The minimum absolute atomic E-state index is 0.0833. The van der Waals surface area contributed by atoms with Gasteiger partial charge in [-0.2, -0.15) is 0 Å². The van der Waals surface area contributed by atoms with E-state index in [1.807, 2.05) is 25.1 Å². The lowest BCUT2D eigenvalue weighted by atomic mass is 10.0. The van der Waals surface area contributed by atoms with Crippen LogP contribution in [-0.2, 0) is 9.59 Å². The molecule has 9 nitrogen and oxygen atoms in total. The molecule has 186 valence electrons. The first-order valence-electron chi connectivity index (χ1n) is 11.3. The van der Waals surface area contributed by atoms with E-state index in [2.05, 4.69) is 0 Å². The number of hydrazine groups is 1. The van der Waals surface area contributed by atoms with Gasteiger partial charge in [-0.05, 0) is 67.1 Å². The zero-order chi connectivity index (χ0) is 26.2. The van der Waals surface area contributed by atoms with E-state index in [1.54, 1.807) is 24.3 Å². The summed E-state index contributed by atoms with van der Waals surface area (Å²) in [5.41, 5.74) is 1.39. The maximum Gasteiger partial charge on any atom is 0.335 e. The van der Waals surface area contributed by atoms with E-state index in [1.165, 1.54) is 46.4 Å². The van der Waals surface area contributed by atoms with E-state index in [4.69, 9.17) is 10.2 Å². The van der Waals surface area contributed by atoms with Crippen LogP contribution in [0.3, 0.4) is 0 Å². The molecule has 2 amide bonds. The molecule has 3 N–H and O–H groups in total. The molecule has 0 aliphatic carbocycles. The molecule has 1 heterocycles. The highest BCUT2D eigenvalue weighted by Gasteiger charge is 2.46. The smallest absolute Gasteiger partial charge is 0.335 e. The SMILES string of the molecule is CCCCC1C(=O)N(c2ccccc2)N(c2ccc(O)cc2)C1=O.O=C(O)c1ccc(C(=O)O)cc1. The number of carboxylic acid groups (broad SMARTS) is 2. The number of para-hydroxylation sites is 1. The zero-order valence-electron chi connectivity index (χ0n) is 19.6. The lowest BCUT2D eigenvalue weighted by molar-refractivity contribution is -0.127. The van der Waals surface area contributed by atoms with Crippen LogP contribution in [0, 0.1) is 5.92 Å². The summed E-state index contributed by atoms with van der Waals surface area (Å²) >= 11 is 0. The Morgan fingerprint density at radius 1 is 0.722 bits per heavy atom. The Kier molecular flexibility index (Phi) is 8.40. The van der Waals surface area contributed by atoms with Gasteiger partial charge in [0.1, 0.15) is 11.7 Å². The molecular weight excluding hydrogens is 464 g/mol. The van der Waals surface area contributed by atoms with Crippen LogP contribution in [0.1, 0.15) is 46.9 Å². The van der Waals surface area contributed by atoms with Gasteiger partial charge in [0.05, 0.1) is 22.5 Å². The first-order chi connectivity index (χ1) is 17.2. The number of nitrogens with zero attached hydrogens (tertiary/aromatic N) is 2. The molecule has 1 unspecified atom stereocenters. The van der Waals surface area contributed by atoms with Crippen molar-refractivity contribution in [2.75, 3.05) is 10.0 Å². The highest BCUT2D eigenvalue weighted by molar-refractivity contribution is 6.23. The van der Waals surface area contributed by atoms with Crippen molar-refractivity contribution < 1.29 is 34.5 Å². The van der Waals surface area contributed by atoms with Gasteiger partial charge < -0.3 is 15.3 Å². The molecule has 36 heavy (non-hydrogen) atoms. The Morgan fingerprint density at radius 3 is 1.58 bits per heavy atom. The predicted molar refractivity (Wildman–Crippen MR) is 133 cm³/mol. The number of hydrogen-bond donors (Lipinski definition) is 3. The third kappa shape index (κ3) is 5.87. The fourth-order valence-corrected chi connectivity index (χ4v) is 3.66. The van der Waals surface area contributed by atoms with Gasteiger partial charge in [0.2, 0.25) is 0 Å². The summed E-state index contributed by atoms with van der Waals surface area (Å²) < 4.78 is 0. The van der Waals surface area contributed by atoms with Gasteiger partial charge >= 0.3 is 11.9 Å². The minimum atomic E-state index is -1.06. The van der Waals surface area contributed by atoms with Crippen LogP contribution in [0.15, 0.2) is 78.9 Å². The van der Waals surface area contributed by atoms with Crippen LogP contribution in [0.4, 0.5) is 11.4 Å². The van der Waals surface area contributed by atoms with Gasteiger partial charge in [-0.15, -0.1) is 0 Å². The van der Waals surface area contributed by atoms with Crippen molar-refractivity contribution >= 4 is 35.1 Å². The standard InChI is InChI=1S/C19H20N2O3.C8H6O4/c1-2-3-9-17-18(23)20(14-7-5-4-6-8-14)21(19(17)24)15-10-12-16(22)13-11-15;9-7(10)5-1-2-6(4-3-5)8(11)12/h4-8,10-13,17,22H,2-3,9H2,1H3;1-4H,(H,9,10)(H,11,12). The number of phenolic OH excluding ortho intramolecular Hbond substituents is 1. The van der Waals surface area contributed by atoms with Crippen molar-refractivity contribution in [2.24, 2.45) is 5.92 Å². The van der Waals surface area contributed by atoms with E-state index < -0.39 is 17.9 Å².